The Labute approximate surface area is 108 Å². The average Bonchev–Trinajstić information content (AvgIpc) is 2.37. The molecular weight excluding hydrogens is 255 g/mol. The second-order valence-corrected chi connectivity index (χ2v) is 4.09. The van der Waals surface area contributed by atoms with E-state index in [1.165, 1.54) is 19.1 Å². The van der Waals surface area contributed by atoms with Crippen LogP contribution in [0.15, 0.2) is 42.5 Å². The fourth-order valence-electron chi connectivity index (χ4n) is 1.61. The minimum Gasteiger partial charge on any atom is -0.473 e. The molecule has 0 saturated heterocycles. The van der Waals surface area contributed by atoms with Crippen LogP contribution in [0.5, 0.6) is 5.88 Å². The Hall–Kier alpha value is -2.04. The number of hydrogen-bond donors (Lipinski definition) is 0. The van der Waals surface area contributed by atoms with Crippen LogP contribution < -0.4 is 4.74 Å². The third-order valence-corrected chi connectivity index (χ3v) is 2.57. The first-order valence-corrected chi connectivity index (χ1v) is 5.68. The summed E-state index contributed by atoms with van der Waals surface area (Å²) in [5, 5.41) is 0. The van der Waals surface area contributed by atoms with Crippen molar-refractivity contribution >= 4 is 0 Å². The van der Waals surface area contributed by atoms with E-state index < -0.39 is 11.9 Å². The number of pyridine rings is 1. The van der Waals surface area contributed by atoms with E-state index in [-0.39, 0.29) is 18.1 Å². The van der Waals surface area contributed by atoms with Crippen LogP contribution in [-0.2, 0) is 12.8 Å². The number of hydrogen-bond acceptors (Lipinski definition) is 2. The van der Waals surface area contributed by atoms with E-state index in [1.54, 1.807) is 0 Å². The zero-order chi connectivity index (χ0) is 13.9. The van der Waals surface area contributed by atoms with Crippen molar-refractivity contribution in [1.82, 2.24) is 4.98 Å². The summed E-state index contributed by atoms with van der Waals surface area (Å²) in [7, 11) is 0. The maximum Gasteiger partial charge on any atom is 0.433 e. The van der Waals surface area contributed by atoms with Crippen LogP contribution in [-0.4, -0.2) is 4.98 Å². The number of rotatable bonds is 3. The maximum atomic E-state index is 12.7. The van der Waals surface area contributed by atoms with Gasteiger partial charge in [-0.15, -0.1) is 0 Å². The molecule has 0 amide bonds. The first-order valence-electron chi connectivity index (χ1n) is 5.68. The lowest BCUT2D eigenvalue weighted by molar-refractivity contribution is -0.141. The molecule has 1 aromatic carbocycles. The number of aromatic nitrogens is 1. The molecule has 0 atom stereocenters. The van der Waals surface area contributed by atoms with Gasteiger partial charge in [-0.25, -0.2) is 4.98 Å². The van der Waals surface area contributed by atoms with Gasteiger partial charge in [0, 0.05) is 6.07 Å². The van der Waals surface area contributed by atoms with Gasteiger partial charge in [-0.05, 0) is 18.1 Å². The Morgan fingerprint density at radius 3 is 2.37 bits per heavy atom. The van der Waals surface area contributed by atoms with Crippen LogP contribution in [0.1, 0.15) is 16.8 Å². The summed E-state index contributed by atoms with van der Waals surface area (Å²) in [5.74, 6) is -0.0261. The van der Waals surface area contributed by atoms with Crippen LogP contribution in [0.3, 0.4) is 0 Å². The van der Waals surface area contributed by atoms with Gasteiger partial charge < -0.3 is 4.74 Å². The van der Waals surface area contributed by atoms with E-state index in [2.05, 4.69) is 4.98 Å². The van der Waals surface area contributed by atoms with Crippen LogP contribution in [0, 0.1) is 6.92 Å². The molecule has 0 unspecified atom stereocenters. The minimum atomic E-state index is -4.46. The second kappa shape index (κ2) is 5.30. The van der Waals surface area contributed by atoms with E-state index in [1.807, 2.05) is 30.3 Å². The average molecular weight is 267 g/mol. The van der Waals surface area contributed by atoms with Crippen molar-refractivity contribution < 1.29 is 17.9 Å². The van der Waals surface area contributed by atoms with Crippen molar-refractivity contribution in [2.24, 2.45) is 0 Å². The maximum absolute atomic E-state index is 12.7. The van der Waals surface area contributed by atoms with Gasteiger partial charge >= 0.3 is 6.18 Å². The van der Waals surface area contributed by atoms with Crippen LogP contribution >= 0.6 is 0 Å². The zero-order valence-electron chi connectivity index (χ0n) is 10.2. The molecule has 100 valence electrons. The van der Waals surface area contributed by atoms with Crippen molar-refractivity contribution in [2.45, 2.75) is 19.7 Å². The lowest BCUT2D eigenvalue weighted by Gasteiger charge is -2.11. The number of benzene rings is 1. The second-order valence-electron chi connectivity index (χ2n) is 4.09. The summed E-state index contributed by atoms with van der Waals surface area (Å²) in [6.45, 7) is 1.56. The SMILES string of the molecule is Cc1ccc(OCc2ccccc2)nc1C(F)(F)F. The summed E-state index contributed by atoms with van der Waals surface area (Å²) in [6.07, 6.45) is -4.46. The Morgan fingerprint density at radius 1 is 1.05 bits per heavy atom. The van der Waals surface area contributed by atoms with Gasteiger partial charge in [0.25, 0.3) is 0 Å². The van der Waals surface area contributed by atoms with Crippen LogP contribution in [0.25, 0.3) is 0 Å². The standard InChI is InChI=1S/C14H12F3NO/c1-10-7-8-12(18-13(10)14(15,16)17)19-9-11-5-3-2-4-6-11/h2-8H,9H2,1H3. The zero-order valence-corrected chi connectivity index (χ0v) is 10.2. The topological polar surface area (TPSA) is 22.1 Å². The van der Waals surface area contributed by atoms with Gasteiger partial charge in [0.1, 0.15) is 6.61 Å². The molecule has 2 nitrogen and oxygen atoms in total. The molecule has 1 heterocycles. The number of alkyl halides is 3. The number of nitrogens with zero attached hydrogens (tertiary/aromatic N) is 1. The summed E-state index contributed by atoms with van der Waals surface area (Å²) in [6, 6.07) is 12.0. The molecule has 0 saturated carbocycles. The Bertz CT molecular complexity index is 552. The molecule has 1 aromatic heterocycles. The molecule has 0 radical (unpaired) electrons. The molecule has 0 spiro atoms. The number of ether oxygens (including phenoxy) is 1. The molecule has 5 heteroatoms. The molecule has 2 aromatic rings. The normalized spacial score (nSPS) is 11.4. The van der Waals surface area contributed by atoms with Crippen molar-refractivity contribution in [3.8, 4) is 5.88 Å². The highest BCUT2D eigenvalue weighted by Crippen LogP contribution is 2.31. The van der Waals surface area contributed by atoms with Gasteiger partial charge in [-0.1, -0.05) is 36.4 Å². The first-order chi connectivity index (χ1) is 8.97. The molecule has 0 fully saturated rings. The summed E-state index contributed by atoms with van der Waals surface area (Å²) in [4.78, 5) is 3.51. The minimum absolute atomic E-state index is 0.0261. The fraction of sp³-hybridized carbons (Fsp3) is 0.214. The van der Waals surface area contributed by atoms with Crippen molar-refractivity contribution in [1.29, 1.82) is 0 Å². The van der Waals surface area contributed by atoms with Crippen LogP contribution in [0.2, 0.25) is 0 Å². The smallest absolute Gasteiger partial charge is 0.433 e. The van der Waals surface area contributed by atoms with Gasteiger partial charge in [-0.2, -0.15) is 13.2 Å². The lowest BCUT2D eigenvalue weighted by atomic mass is 10.2. The van der Waals surface area contributed by atoms with Gasteiger partial charge in [0.05, 0.1) is 0 Å². The van der Waals surface area contributed by atoms with E-state index in [4.69, 9.17) is 4.74 Å². The van der Waals surface area contributed by atoms with Crippen molar-refractivity contribution in [3.63, 3.8) is 0 Å². The van der Waals surface area contributed by atoms with Gasteiger partial charge in [0.2, 0.25) is 5.88 Å². The van der Waals surface area contributed by atoms with Crippen LogP contribution in [0.4, 0.5) is 13.2 Å². The summed E-state index contributed by atoms with van der Waals surface area (Å²) < 4.78 is 43.3. The number of halogens is 3. The van der Waals surface area contributed by atoms with E-state index in [0.29, 0.717) is 0 Å². The van der Waals surface area contributed by atoms with Crippen molar-refractivity contribution in [3.05, 3.63) is 59.3 Å². The Balaban J connectivity index is 2.14. The Morgan fingerprint density at radius 2 is 1.74 bits per heavy atom. The first kappa shape index (κ1) is 13.4. The van der Waals surface area contributed by atoms with E-state index >= 15 is 0 Å². The highest BCUT2D eigenvalue weighted by molar-refractivity contribution is 5.27. The highest BCUT2D eigenvalue weighted by Gasteiger charge is 2.34. The highest BCUT2D eigenvalue weighted by atomic mass is 19.4. The monoisotopic (exact) mass is 267 g/mol. The van der Waals surface area contributed by atoms with E-state index in [0.717, 1.165) is 5.56 Å². The fourth-order valence-corrected chi connectivity index (χ4v) is 1.61. The summed E-state index contributed by atoms with van der Waals surface area (Å²) >= 11 is 0. The molecule has 0 bridgehead atoms. The molecule has 0 N–H and O–H groups in total. The van der Waals surface area contributed by atoms with Gasteiger partial charge in [0.15, 0.2) is 5.69 Å². The molecule has 0 aliphatic rings. The lowest BCUT2D eigenvalue weighted by Crippen LogP contribution is -2.11. The van der Waals surface area contributed by atoms with Gasteiger partial charge in [-0.3, -0.25) is 0 Å². The van der Waals surface area contributed by atoms with E-state index in [9.17, 15) is 13.2 Å². The predicted molar refractivity (Wildman–Crippen MR) is 64.8 cm³/mol. The molecular formula is C14H12F3NO. The Kier molecular flexibility index (Phi) is 3.74. The molecule has 0 aliphatic carbocycles. The summed E-state index contributed by atoms with van der Waals surface area (Å²) in [5.41, 5.74) is 0.0519. The predicted octanol–water partition coefficient (Wildman–Crippen LogP) is 3.99. The quantitative estimate of drug-likeness (QED) is 0.839. The third kappa shape index (κ3) is 3.47. The third-order valence-electron chi connectivity index (χ3n) is 2.57. The largest absolute Gasteiger partial charge is 0.473 e. The van der Waals surface area contributed by atoms with Crippen molar-refractivity contribution in [2.75, 3.05) is 0 Å². The number of aryl methyl sites for hydroxylation is 1. The molecule has 0 aliphatic heterocycles. The molecule has 2 rings (SSSR count). The molecule has 19 heavy (non-hydrogen) atoms.